The Hall–Kier alpha value is -3.41. The van der Waals surface area contributed by atoms with E-state index in [4.69, 9.17) is 27.9 Å². The zero-order valence-electron chi connectivity index (χ0n) is 16.1. The van der Waals surface area contributed by atoms with Gasteiger partial charge in [0.2, 0.25) is 6.10 Å². The SMILES string of the molecule is O=C(O[C@@H](C(=O)Nc1cc(Cl)cc(Cl)c1)c1ccccc1)c1ccc2ccccc2n1. The Balaban J connectivity index is 1.61. The number of fused-ring (bicyclic) bond motifs is 1. The molecule has 1 aromatic heterocycles. The van der Waals surface area contributed by atoms with Gasteiger partial charge in [-0.25, -0.2) is 9.78 Å². The maximum absolute atomic E-state index is 13.0. The van der Waals surface area contributed by atoms with Crippen molar-refractivity contribution in [1.82, 2.24) is 4.98 Å². The van der Waals surface area contributed by atoms with Gasteiger partial charge in [0.15, 0.2) is 0 Å². The van der Waals surface area contributed by atoms with Crippen molar-refractivity contribution < 1.29 is 14.3 Å². The van der Waals surface area contributed by atoms with Gasteiger partial charge in [-0.1, -0.05) is 77.8 Å². The molecule has 0 unspecified atom stereocenters. The lowest BCUT2D eigenvalue weighted by Gasteiger charge is -2.18. The van der Waals surface area contributed by atoms with Gasteiger partial charge < -0.3 is 10.1 Å². The van der Waals surface area contributed by atoms with Crippen molar-refractivity contribution in [3.05, 3.63) is 106 Å². The molecule has 0 aliphatic carbocycles. The highest BCUT2D eigenvalue weighted by atomic mass is 35.5. The molecule has 0 radical (unpaired) electrons. The third kappa shape index (κ3) is 5.02. The number of benzene rings is 3. The summed E-state index contributed by atoms with van der Waals surface area (Å²) in [5, 5.41) is 4.34. The van der Waals surface area contributed by atoms with Crippen LogP contribution >= 0.6 is 23.2 Å². The van der Waals surface area contributed by atoms with Gasteiger partial charge in [0.25, 0.3) is 5.91 Å². The van der Waals surface area contributed by atoms with Crippen LogP contribution in [0.15, 0.2) is 84.9 Å². The first kappa shape index (κ1) is 20.8. The second-order valence-electron chi connectivity index (χ2n) is 6.73. The molecule has 0 saturated carbocycles. The summed E-state index contributed by atoms with van der Waals surface area (Å²) in [6.07, 6.45) is -1.19. The van der Waals surface area contributed by atoms with E-state index in [2.05, 4.69) is 10.3 Å². The van der Waals surface area contributed by atoms with E-state index in [0.29, 0.717) is 26.8 Å². The molecule has 0 fully saturated rings. The number of aromatic nitrogens is 1. The van der Waals surface area contributed by atoms with Crippen LogP contribution in [0.4, 0.5) is 5.69 Å². The van der Waals surface area contributed by atoms with E-state index in [0.717, 1.165) is 5.39 Å². The number of nitrogens with one attached hydrogen (secondary N) is 1. The Morgan fingerprint density at radius 1 is 0.839 bits per heavy atom. The number of carbonyl (C=O) groups excluding carboxylic acids is 2. The summed E-state index contributed by atoms with van der Waals surface area (Å²) in [5.74, 6) is -1.25. The number of hydrogen-bond acceptors (Lipinski definition) is 4. The van der Waals surface area contributed by atoms with Crippen LogP contribution in [0.5, 0.6) is 0 Å². The van der Waals surface area contributed by atoms with Crippen LogP contribution in [-0.2, 0) is 9.53 Å². The molecule has 3 aromatic carbocycles. The minimum absolute atomic E-state index is 0.109. The molecular weight excluding hydrogens is 435 g/mol. The number of carbonyl (C=O) groups is 2. The van der Waals surface area contributed by atoms with Crippen LogP contribution in [0.2, 0.25) is 10.0 Å². The number of para-hydroxylation sites is 1. The average molecular weight is 451 g/mol. The zero-order valence-corrected chi connectivity index (χ0v) is 17.6. The summed E-state index contributed by atoms with van der Waals surface area (Å²) in [6.45, 7) is 0. The van der Waals surface area contributed by atoms with Crippen molar-refractivity contribution in [2.75, 3.05) is 5.32 Å². The lowest BCUT2D eigenvalue weighted by molar-refractivity contribution is -0.125. The van der Waals surface area contributed by atoms with Crippen molar-refractivity contribution in [2.24, 2.45) is 0 Å². The highest BCUT2D eigenvalue weighted by molar-refractivity contribution is 6.35. The molecule has 1 N–H and O–H groups in total. The molecule has 0 bridgehead atoms. The molecule has 1 heterocycles. The van der Waals surface area contributed by atoms with E-state index < -0.39 is 18.0 Å². The second-order valence-corrected chi connectivity index (χ2v) is 7.61. The molecule has 1 atom stereocenters. The van der Waals surface area contributed by atoms with Crippen molar-refractivity contribution in [2.45, 2.75) is 6.10 Å². The standard InChI is InChI=1S/C24H16Cl2N2O3/c25-17-12-18(26)14-19(13-17)27-23(29)22(16-7-2-1-3-8-16)31-24(30)21-11-10-15-6-4-5-9-20(15)28-21/h1-14,22H,(H,27,29)/t22-/m1/s1. The van der Waals surface area contributed by atoms with E-state index in [-0.39, 0.29) is 5.69 Å². The fraction of sp³-hybridized carbons (Fsp3) is 0.0417. The van der Waals surface area contributed by atoms with Gasteiger partial charge >= 0.3 is 5.97 Å². The maximum atomic E-state index is 13.0. The minimum Gasteiger partial charge on any atom is -0.443 e. The maximum Gasteiger partial charge on any atom is 0.358 e. The fourth-order valence-corrected chi connectivity index (χ4v) is 3.61. The van der Waals surface area contributed by atoms with E-state index in [1.54, 1.807) is 60.7 Å². The Bertz CT molecular complexity index is 1240. The topological polar surface area (TPSA) is 68.3 Å². The van der Waals surface area contributed by atoms with Crippen LogP contribution < -0.4 is 5.32 Å². The number of hydrogen-bond donors (Lipinski definition) is 1. The van der Waals surface area contributed by atoms with Gasteiger partial charge in [0.1, 0.15) is 5.69 Å². The van der Waals surface area contributed by atoms with Gasteiger partial charge in [-0.2, -0.15) is 0 Å². The Morgan fingerprint density at radius 3 is 2.26 bits per heavy atom. The number of pyridine rings is 1. The van der Waals surface area contributed by atoms with E-state index in [9.17, 15) is 9.59 Å². The minimum atomic E-state index is -1.19. The summed E-state index contributed by atoms with van der Waals surface area (Å²) >= 11 is 12.0. The predicted molar refractivity (Wildman–Crippen MR) is 121 cm³/mol. The molecule has 31 heavy (non-hydrogen) atoms. The predicted octanol–water partition coefficient (Wildman–Crippen LogP) is 6.08. The van der Waals surface area contributed by atoms with Gasteiger partial charge in [-0.05, 0) is 30.3 Å². The number of nitrogens with zero attached hydrogens (tertiary/aromatic N) is 1. The second kappa shape index (κ2) is 9.16. The third-order valence-electron chi connectivity index (χ3n) is 4.50. The number of esters is 1. The Kier molecular flexibility index (Phi) is 6.16. The molecule has 4 rings (SSSR count). The number of ether oxygens (including phenoxy) is 1. The molecule has 0 aliphatic rings. The van der Waals surface area contributed by atoms with Crippen LogP contribution in [0.1, 0.15) is 22.2 Å². The molecule has 0 saturated heterocycles. The van der Waals surface area contributed by atoms with Crippen LogP contribution in [-0.4, -0.2) is 16.9 Å². The van der Waals surface area contributed by atoms with Crippen LogP contribution in [0.3, 0.4) is 0 Å². The molecule has 154 valence electrons. The normalized spacial score (nSPS) is 11.7. The molecule has 0 aliphatic heterocycles. The lowest BCUT2D eigenvalue weighted by Crippen LogP contribution is -2.26. The smallest absolute Gasteiger partial charge is 0.358 e. The van der Waals surface area contributed by atoms with Gasteiger partial charge in [0, 0.05) is 26.7 Å². The van der Waals surface area contributed by atoms with Crippen LogP contribution in [0, 0.1) is 0 Å². The number of anilines is 1. The number of halogens is 2. The highest BCUT2D eigenvalue weighted by Gasteiger charge is 2.26. The lowest BCUT2D eigenvalue weighted by atomic mass is 10.1. The van der Waals surface area contributed by atoms with Crippen molar-refractivity contribution in [3.63, 3.8) is 0 Å². The highest BCUT2D eigenvalue weighted by Crippen LogP contribution is 2.26. The molecule has 4 aromatic rings. The number of rotatable bonds is 5. The van der Waals surface area contributed by atoms with E-state index >= 15 is 0 Å². The first-order valence-corrected chi connectivity index (χ1v) is 10.1. The Labute approximate surface area is 188 Å². The third-order valence-corrected chi connectivity index (χ3v) is 4.94. The summed E-state index contributed by atoms with van der Waals surface area (Å²) in [5.41, 5.74) is 1.68. The van der Waals surface area contributed by atoms with Crippen molar-refractivity contribution in [3.8, 4) is 0 Å². The largest absolute Gasteiger partial charge is 0.443 e. The summed E-state index contributed by atoms with van der Waals surface area (Å²) in [6, 6.07) is 24.2. The molecule has 7 heteroatoms. The molecule has 5 nitrogen and oxygen atoms in total. The molecule has 0 spiro atoms. The van der Waals surface area contributed by atoms with Crippen molar-refractivity contribution >= 4 is 51.7 Å². The summed E-state index contributed by atoms with van der Waals surface area (Å²) in [4.78, 5) is 30.2. The van der Waals surface area contributed by atoms with E-state index in [1.807, 2.05) is 24.3 Å². The summed E-state index contributed by atoms with van der Waals surface area (Å²) in [7, 11) is 0. The van der Waals surface area contributed by atoms with Crippen molar-refractivity contribution in [1.29, 1.82) is 0 Å². The Morgan fingerprint density at radius 2 is 1.52 bits per heavy atom. The quantitative estimate of drug-likeness (QED) is 0.374. The summed E-state index contributed by atoms with van der Waals surface area (Å²) < 4.78 is 5.59. The average Bonchev–Trinajstić information content (AvgIpc) is 2.76. The molecule has 1 amide bonds. The fourth-order valence-electron chi connectivity index (χ4n) is 3.08. The monoisotopic (exact) mass is 450 g/mol. The van der Waals surface area contributed by atoms with E-state index in [1.165, 1.54) is 0 Å². The first-order valence-electron chi connectivity index (χ1n) is 9.38. The zero-order chi connectivity index (χ0) is 21.8. The van der Waals surface area contributed by atoms with Gasteiger partial charge in [0.05, 0.1) is 5.52 Å². The first-order chi connectivity index (χ1) is 15.0. The van der Waals surface area contributed by atoms with Crippen LogP contribution in [0.25, 0.3) is 10.9 Å². The van der Waals surface area contributed by atoms with Gasteiger partial charge in [-0.3, -0.25) is 4.79 Å². The number of amides is 1. The van der Waals surface area contributed by atoms with Gasteiger partial charge in [-0.15, -0.1) is 0 Å². The molecular formula is C24H16Cl2N2O3.